The minimum absolute atomic E-state index is 0.0492. The standard InChI is InChI=1S/C24H16N2O/c27-24-22-20-15-9-3-1-7-13(15)19(14-8-2-4-10-16(14)20)21(22)23-25-17-11-5-6-12-18(17)26(23)24/h1-12,19-22H/t19?,20?,21-,22-/m1/s1. The molecule has 0 N–H and O–H groups in total. The van der Waals surface area contributed by atoms with Gasteiger partial charge in [-0.25, -0.2) is 4.98 Å². The molecule has 128 valence electrons. The van der Waals surface area contributed by atoms with E-state index < -0.39 is 0 Å². The molecule has 4 aliphatic rings. The van der Waals surface area contributed by atoms with E-state index in [4.69, 9.17) is 4.98 Å². The first kappa shape index (κ1) is 13.9. The van der Waals surface area contributed by atoms with Gasteiger partial charge in [-0.05, 0) is 34.4 Å². The summed E-state index contributed by atoms with van der Waals surface area (Å²) in [5.74, 6) is 1.56. The third-order valence-corrected chi connectivity index (χ3v) is 6.83. The fourth-order valence-electron chi connectivity index (χ4n) is 5.93. The molecular formula is C24H16N2O. The predicted molar refractivity (Wildman–Crippen MR) is 103 cm³/mol. The van der Waals surface area contributed by atoms with Crippen molar-refractivity contribution in [2.24, 2.45) is 5.92 Å². The summed E-state index contributed by atoms with van der Waals surface area (Å²) in [6.45, 7) is 0. The normalized spacial score (nSPS) is 26.6. The molecule has 2 atom stereocenters. The van der Waals surface area contributed by atoms with E-state index in [1.807, 2.05) is 28.8 Å². The first-order chi connectivity index (χ1) is 13.3. The molecule has 3 heteroatoms. The quantitative estimate of drug-likeness (QED) is 0.462. The summed E-state index contributed by atoms with van der Waals surface area (Å²) in [5.41, 5.74) is 7.25. The van der Waals surface area contributed by atoms with Crippen LogP contribution in [0.15, 0.2) is 72.8 Å². The minimum Gasteiger partial charge on any atom is -0.274 e. The third kappa shape index (κ3) is 1.47. The van der Waals surface area contributed by atoms with Crippen molar-refractivity contribution in [3.05, 3.63) is 101 Å². The zero-order valence-corrected chi connectivity index (χ0v) is 14.5. The van der Waals surface area contributed by atoms with Gasteiger partial charge in [-0.2, -0.15) is 0 Å². The molecule has 1 aromatic heterocycles. The van der Waals surface area contributed by atoms with E-state index in [-0.39, 0.29) is 29.6 Å². The monoisotopic (exact) mass is 348 g/mol. The fourth-order valence-corrected chi connectivity index (χ4v) is 5.93. The molecule has 0 fully saturated rings. The zero-order chi connectivity index (χ0) is 17.7. The smallest absolute Gasteiger partial charge is 0.237 e. The van der Waals surface area contributed by atoms with Crippen LogP contribution in [0.2, 0.25) is 0 Å². The number of nitrogens with zero attached hydrogens (tertiary/aromatic N) is 2. The molecular weight excluding hydrogens is 332 g/mol. The van der Waals surface area contributed by atoms with E-state index in [0.717, 1.165) is 16.9 Å². The summed E-state index contributed by atoms with van der Waals surface area (Å²) < 4.78 is 1.91. The lowest BCUT2D eigenvalue weighted by atomic mass is 9.55. The van der Waals surface area contributed by atoms with Gasteiger partial charge < -0.3 is 0 Å². The lowest BCUT2D eigenvalue weighted by Gasteiger charge is -2.46. The van der Waals surface area contributed by atoms with Gasteiger partial charge >= 0.3 is 0 Å². The van der Waals surface area contributed by atoms with Gasteiger partial charge in [0, 0.05) is 17.8 Å². The van der Waals surface area contributed by atoms with E-state index in [1.54, 1.807) is 0 Å². The Morgan fingerprint density at radius 3 is 1.81 bits per heavy atom. The number of imidazole rings is 1. The Balaban J connectivity index is 1.59. The molecule has 3 nitrogen and oxygen atoms in total. The minimum atomic E-state index is -0.0492. The van der Waals surface area contributed by atoms with Crippen LogP contribution in [-0.2, 0) is 0 Å². The second-order valence-electron chi connectivity index (χ2n) is 7.90. The van der Waals surface area contributed by atoms with Crippen LogP contribution < -0.4 is 0 Å². The van der Waals surface area contributed by atoms with E-state index in [1.165, 1.54) is 22.3 Å². The van der Waals surface area contributed by atoms with Crippen LogP contribution in [-0.4, -0.2) is 15.5 Å². The Kier molecular flexibility index (Phi) is 2.35. The Morgan fingerprint density at radius 1 is 0.667 bits per heavy atom. The molecule has 2 bridgehead atoms. The maximum Gasteiger partial charge on any atom is 0.237 e. The lowest BCUT2D eigenvalue weighted by molar-refractivity contribution is 0.0829. The Bertz CT molecular complexity index is 1240. The largest absolute Gasteiger partial charge is 0.274 e. The lowest BCUT2D eigenvalue weighted by Crippen LogP contribution is -2.39. The van der Waals surface area contributed by atoms with Crippen LogP contribution in [0.4, 0.5) is 0 Å². The molecule has 27 heavy (non-hydrogen) atoms. The van der Waals surface area contributed by atoms with Crippen molar-refractivity contribution in [3.8, 4) is 0 Å². The molecule has 3 aromatic carbocycles. The van der Waals surface area contributed by atoms with Crippen molar-refractivity contribution >= 4 is 16.9 Å². The average Bonchev–Trinajstić information content (AvgIpc) is 3.24. The maximum absolute atomic E-state index is 13.6. The van der Waals surface area contributed by atoms with E-state index >= 15 is 0 Å². The number of aromatic nitrogens is 2. The van der Waals surface area contributed by atoms with Crippen molar-refractivity contribution in [3.63, 3.8) is 0 Å². The number of rotatable bonds is 0. The van der Waals surface area contributed by atoms with Crippen molar-refractivity contribution in [2.45, 2.75) is 17.8 Å². The van der Waals surface area contributed by atoms with Gasteiger partial charge in [0.15, 0.2) is 0 Å². The highest BCUT2D eigenvalue weighted by Gasteiger charge is 2.58. The number of carbonyl (C=O) groups is 1. The number of benzene rings is 3. The first-order valence-electron chi connectivity index (χ1n) is 9.54. The molecule has 4 aromatic rings. The van der Waals surface area contributed by atoms with Gasteiger partial charge in [-0.15, -0.1) is 0 Å². The van der Waals surface area contributed by atoms with Crippen molar-refractivity contribution in [2.75, 3.05) is 0 Å². The number of para-hydroxylation sites is 2. The van der Waals surface area contributed by atoms with Crippen LogP contribution >= 0.6 is 0 Å². The van der Waals surface area contributed by atoms with Crippen molar-refractivity contribution in [1.82, 2.24) is 9.55 Å². The van der Waals surface area contributed by atoms with Crippen LogP contribution in [0.3, 0.4) is 0 Å². The van der Waals surface area contributed by atoms with E-state index in [2.05, 4.69) is 48.5 Å². The zero-order valence-electron chi connectivity index (χ0n) is 14.5. The molecule has 0 radical (unpaired) electrons. The molecule has 0 spiro atoms. The van der Waals surface area contributed by atoms with Crippen molar-refractivity contribution in [1.29, 1.82) is 0 Å². The SMILES string of the molecule is O=C1[C@@H]2C3c4ccccc4C(c4ccccc43)[C@H]2c2nc3ccccc3n21. The predicted octanol–water partition coefficient (Wildman–Crippen LogP) is 4.68. The number of hydrogen-bond acceptors (Lipinski definition) is 2. The van der Waals surface area contributed by atoms with Crippen LogP contribution in [0, 0.1) is 5.92 Å². The summed E-state index contributed by atoms with van der Waals surface area (Å²) in [6.07, 6.45) is 0. The second kappa shape index (κ2) is 4.55. The molecule has 0 saturated carbocycles. The van der Waals surface area contributed by atoms with Gasteiger partial charge in [-0.1, -0.05) is 60.7 Å². The highest BCUT2D eigenvalue weighted by molar-refractivity contribution is 5.97. The van der Waals surface area contributed by atoms with Gasteiger partial charge in [0.05, 0.1) is 17.0 Å². The first-order valence-corrected chi connectivity index (χ1v) is 9.54. The van der Waals surface area contributed by atoms with Crippen molar-refractivity contribution < 1.29 is 4.79 Å². The van der Waals surface area contributed by atoms with Crippen LogP contribution in [0.1, 0.15) is 50.6 Å². The van der Waals surface area contributed by atoms with Crippen LogP contribution in [0.5, 0.6) is 0 Å². The highest BCUT2D eigenvalue weighted by Crippen LogP contribution is 2.63. The molecule has 3 aliphatic carbocycles. The molecule has 0 unspecified atom stereocenters. The summed E-state index contributed by atoms with van der Waals surface area (Å²) in [7, 11) is 0. The van der Waals surface area contributed by atoms with E-state index in [9.17, 15) is 4.79 Å². The summed E-state index contributed by atoms with van der Waals surface area (Å²) in [4.78, 5) is 18.6. The maximum atomic E-state index is 13.6. The molecule has 1 aliphatic heterocycles. The summed E-state index contributed by atoms with van der Waals surface area (Å²) in [6, 6.07) is 25.4. The summed E-state index contributed by atoms with van der Waals surface area (Å²) >= 11 is 0. The van der Waals surface area contributed by atoms with Gasteiger partial charge in [0.1, 0.15) is 5.82 Å². The van der Waals surface area contributed by atoms with E-state index in [0.29, 0.717) is 0 Å². The van der Waals surface area contributed by atoms with Gasteiger partial charge in [0.2, 0.25) is 5.91 Å². The molecule has 8 rings (SSSR count). The Labute approximate surface area is 156 Å². The van der Waals surface area contributed by atoms with Gasteiger partial charge in [-0.3, -0.25) is 9.36 Å². The molecule has 2 heterocycles. The average molecular weight is 348 g/mol. The molecule has 0 saturated heterocycles. The fraction of sp³-hybridized carbons (Fsp3) is 0.167. The second-order valence-corrected chi connectivity index (χ2v) is 7.90. The third-order valence-electron chi connectivity index (χ3n) is 6.83. The number of carbonyl (C=O) groups excluding carboxylic acids is 1. The van der Waals surface area contributed by atoms with Crippen LogP contribution in [0.25, 0.3) is 11.0 Å². The topological polar surface area (TPSA) is 34.9 Å². The Morgan fingerprint density at radius 2 is 1.19 bits per heavy atom. The number of hydrogen-bond donors (Lipinski definition) is 0. The summed E-state index contributed by atoms with van der Waals surface area (Å²) in [5, 5.41) is 0. The van der Waals surface area contributed by atoms with Gasteiger partial charge in [0.25, 0.3) is 0 Å². The number of fused-ring (bicyclic) bond motifs is 3. The molecule has 0 amide bonds. The highest BCUT2D eigenvalue weighted by atomic mass is 16.2. The Hall–Kier alpha value is -3.20.